The topological polar surface area (TPSA) is 103 Å². The van der Waals surface area contributed by atoms with E-state index >= 15 is 0 Å². The van der Waals surface area contributed by atoms with Gasteiger partial charge in [0.2, 0.25) is 21.9 Å². The van der Waals surface area contributed by atoms with Gasteiger partial charge >= 0.3 is 0 Å². The highest BCUT2D eigenvalue weighted by atomic mass is 32.2. The average Bonchev–Trinajstić information content (AvgIpc) is 2.93. The first-order valence-electron chi connectivity index (χ1n) is 8.29. The molecular formula is C16H24N6O2S. The Labute approximate surface area is 148 Å². The minimum atomic E-state index is -3.10. The summed E-state index contributed by atoms with van der Waals surface area (Å²) in [6.07, 6.45) is 2.73. The van der Waals surface area contributed by atoms with Crippen molar-refractivity contribution in [3.63, 3.8) is 0 Å². The van der Waals surface area contributed by atoms with Gasteiger partial charge in [0.1, 0.15) is 0 Å². The molecule has 8 nitrogen and oxygen atoms in total. The first-order valence-corrected chi connectivity index (χ1v) is 10.1. The summed E-state index contributed by atoms with van der Waals surface area (Å²) in [5, 5.41) is 13.5. The SMILES string of the molecule is Cc1cc(C)cc(Nc2nc(NC3CCN(S(C)(=O)=O)CC3)n[nH]2)c1. The van der Waals surface area contributed by atoms with Crippen LogP contribution in [-0.2, 0) is 10.0 Å². The monoisotopic (exact) mass is 364 g/mol. The highest BCUT2D eigenvalue weighted by molar-refractivity contribution is 7.88. The summed E-state index contributed by atoms with van der Waals surface area (Å²) >= 11 is 0. The van der Waals surface area contributed by atoms with Crippen LogP contribution in [0.3, 0.4) is 0 Å². The molecule has 0 radical (unpaired) electrons. The minimum Gasteiger partial charge on any atom is -0.350 e. The maximum absolute atomic E-state index is 11.5. The van der Waals surface area contributed by atoms with Crippen LogP contribution in [0.25, 0.3) is 0 Å². The first kappa shape index (κ1) is 17.7. The molecule has 1 aliphatic rings. The van der Waals surface area contributed by atoms with Gasteiger partial charge in [0.15, 0.2) is 0 Å². The lowest BCUT2D eigenvalue weighted by molar-refractivity contribution is 0.331. The molecule has 2 aromatic rings. The molecule has 0 amide bonds. The Bertz CT molecular complexity index is 820. The smallest absolute Gasteiger partial charge is 0.243 e. The molecule has 2 heterocycles. The second kappa shape index (κ2) is 7.01. The van der Waals surface area contributed by atoms with Gasteiger partial charge in [-0.25, -0.2) is 17.8 Å². The highest BCUT2D eigenvalue weighted by Crippen LogP contribution is 2.19. The molecular weight excluding hydrogens is 340 g/mol. The number of H-pyrrole nitrogens is 1. The molecule has 0 saturated carbocycles. The van der Waals surface area contributed by atoms with Crippen LogP contribution in [0.5, 0.6) is 0 Å². The number of anilines is 3. The largest absolute Gasteiger partial charge is 0.350 e. The lowest BCUT2D eigenvalue weighted by Crippen LogP contribution is -2.41. The van der Waals surface area contributed by atoms with E-state index in [0.29, 0.717) is 25.0 Å². The van der Waals surface area contributed by atoms with E-state index in [1.54, 1.807) is 0 Å². The minimum absolute atomic E-state index is 0.169. The van der Waals surface area contributed by atoms with Crippen LogP contribution in [0.1, 0.15) is 24.0 Å². The van der Waals surface area contributed by atoms with E-state index in [9.17, 15) is 8.42 Å². The first-order chi connectivity index (χ1) is 11.8. The van der Waals surface area contributed by atoms with Crippen molar-refractivity contribution in [3.05, 3.63) is 29.3 Å². The fraction of sp³-hybridized carbons (Fsp3) is 0.500. The molecule has 0 aliphatic carbocycles. The van der Waals surface area contributed by atoms with E-state index in [-0.39, 0.29) is 6.04 Å². The summed E-state index contributed by atoms with van der Waals surface area (Å²) in [4.78, 5) is 4.41. The Balaban J connectivity index is 1.57. The van der Waals surface area contributed by atoms with Crippen molar-refractivity contribution in [3.8, 4) is 0 Å². The third-order valence-corrected chi connectivity index (χ3v) is 5.53. The second-order valence-electron chi connectivity index (χ2n) is 6.59. The van der Waals surface area contributed by atoms with E-state index in [1.165, 1.54) is 21.7 Å². The number of hydrogen-bond acceptors (Lipinski definition) is 6. The Hall–Kier alpha value is -2.13. The lowest BCUT2D eigenvalue weighted by Gasteiger charge is -2.30. The summed E-state index contributed by atoms with van der Waals surface area (Å²) in [6.45, 7) is 5.14. The van der Waals surface area contributed by atoms with E-state index in [2.05, 4.69) is 45.7 Å². The van der Waals surface area contributed by atoms with Gasteiger partial charge < -0.3 is 10.6 Å². The molecule has 1 saturated heterocycles. The van der Waals surface area contributed by atoms with Crippen LogP contribution >= 0.6 is 0 Å². The van der Waals surface area contributed by atoms with E-state index in [1.807, 2.05) is 12.1 Å². The van der Waals surface area contributed by atoms with E-state index in [4.69, 9.17) is 0 Å². The van der Waals surface area contributed by atoms with Gasteiger partial charge in [0.25, 0.3) is 0 Å². The van der Waals surface area contributed by atoms with Gasteiger partial charge in [-0.1, -0.05) is 6.07 Å². The van der Waals surface area contributed by atoms with Gasteiger partial charge in [-0.2, -0.15) is 4.98 Å². The molecule has 0 unspecified atom stereocenters. The summed E-state index contributed by atoms with van der Waals surface area (Å²) in [5.41, 5.74) is 3.32. The normalized spacial score (nSPS) is 16.8. The molecule has 3 N–H and O–H groups in total. The van der Waals surface area contributed by atoms with Crippen molar-refractivity contribution < 1.29 is 8.42 Å². The van der Waals surface area contributed by atoms with Crippen LogP contribution in [0.4, 0.5) is 17.6 Å². The molecule has 3 rings (SSSR count). The second-order valence-corrected chi connectivity index (χ2v) is 8.57. The zero-order valence-electron chi connectivity index (χ0n) is 14.7. The van der Waals surface area contributed by atoms with Gasteiger partial charge in [-0.3, -0.25) is 0 Å². The quantitative estimate of drug-likeness (QED) is 0.750. The van der Waals surface area contributed by atoms with Gasteiger partial charge in [0.05, 0.1) is 6.26 Å². The number of aromatic amines is 1. The molecule has 0 spiro atoms. The predicted octanol–water partition coefficient (Wildman–Crippen LogP) is 2.00. The number of aromatic nitrogens is 3. The highest BCUT2D eigenvalue weighted by Gasteiger charge is 2.25. The van der Waals surface area contributed by atoms with Gasteiger partial charge in [-0.15, -0.1) is 5.10 Å². The summed E-state index contributed by atoms with van der Waals surface area (Å²) in [6, 6.07) is 6.37. The van der Waals surface area contributed by atoms with Crippen LogP contribution in [-0.4, -0.2) is 53.3 Å². The zero-order valence-corrected chi connectivity index (χ0v) is 15.5. The van der Waals surface area contributed by atoms with Crippen LogP contribution in [0, 0.1) is 13.8 Å². The van der Waals surface area contributed by atoms with Crippen molar-refractivity contribution in [2.24, 2.45) is 0 Å². The Morgan fingerprint density at radius 1 is 1.16 bits per heavy atom. The molecule has 1 aliphatic heterocycles. The summed E-state index contributed by atoms with van der Waals surface area (Å²) in [5.74, 6) is 1.09. The molecule has 0 bridgehead atoms. The van der Waals surface area contributed by atoms with E-state index < -0.39 is 10.0 Å². The molecule has 25 heavy (non-hydrogen) atoms. The van der Waals surface area contributed by atoms with Crippen molar-refractivity contribution in [2.75, 3.05) is 30.0 Å². The summed E-state index contributed by atoms with van der Waals surface area (Å²) < 4.78 is 24.6. The molecule has 1 fully saturated rings. The van der Waals surface area contributed by atoms with Crippen molar-refractivity contribution in [2.45, 2.75) is 32.7 Å². The molecule has 9 heteroatoms. The number of sulfonamides is 1. The predicted molar refractivity (Wildman–Crippen MR) is 98.6 cm³/mol. The van der Waals surface area contributed by atoms with Crippen molar-refractivity contribution >= 4 is 27.6 Å². The number of piperidine rings is 1. The molecule has 136 valence electrons. The molecule has 0 atom stereocenters. The zero-order chi connectivity index (χ0) is 18.0. The van der Waals surface area contributed by atoms with Crippen LogP contribution < -0.4 is 10.6 Å². The number of nitrogens with one attached hydrogen (secondary N) is 3. The average molecular weight is 364 g/mol. The van der Waals surface area contributed by atoms with Crippen molar-refractivity contribution in [1.82, 2.24) is 19.5 Å². The van der Waals surface area contributed by atoms with Crippen molar-refractivity contribution in [1.29, 1.82) is 0 Å². The molecule has 1 aromatic heterocycles. The van der Waals surface area contributed by atoms with Crippen LogP contribution in [0.15, 0.2) is 18.2 Å². The van der Waals surface area contributed by atoms with Crippen LogP contribution in [0.2, 0.25) is 0 Å². The number of hydrogen-bond donors (Lipinski definition) is 3. The number of nitrogens with zero attached hydrogens (tertiary/aromatic N) is 3. The standard InChI is InChI=1S/C16H24N6O2S/c1-11-8-12(2)10-14(9-11)18-16-19-15(20-21-16)17-13-4-6-22(7-5-13)25(3,23)24/h8-10,13H,4-7H2,1-3H3,(H3,17,18,19,20,21). The van der Waals surface area contributed by atoms with Gasteiger partial charge in [0, 0.05) is 24.8 Å². The van der Waals surface area contributed by atoms with E-state index in [0.717, 1.165) is 18.5 Å². The fourth-order valence-corrected chi connectivity index (χ4v) is 3.95. The van der Waals surface area contributed by atoms with Gasteiger partial charge in [-0.05, 0) is 49.9 Å². The maximum Gasteiger partial charge on any atom is 0.243 e. The Morgan fingerprint density at radius 3 is 2.40 bits per heavy atom. The Kier molecular flexibility index (Phi) is 4.96. The Morgan fingerprint density at radius 2 is 1.80 bits per heavy atom. The number of aryl methyl sites for hydroxylation is 2. The number of benzene rings is 1. The fourth-order valence-electron chi connectivity index (χ4n) is 3.08. The molecule has 1 aromatic carbocycles. The number of rotatable bonds is 5. The third kappa shape index (κ3) is 4.70. The maximum atomic E-state index is 11.5. The lowest BCUT2D eigenvalue weighted by atomic mass is 10.1. The third-order valence-electron chi connectivity index (χ3n) is 4.23. The summed E-state index contributed by atoms with van der Waals surface area (Å²) in [7, 11) is -3.10.